The average molecular weight is 452 g/mol. The van der Waals surface area contributed by atoms with Crippen LogP contribution in [0.5, 0.6) is 5.88 Å². The summed E-state index contributed by atoms with van der Waals surface area (Å²) in [6, 6.07) is 3.75. The van der Waals surface area contributed by atoms with Crippen LogP contribution in [0, 0.1) is 0 Å². The number of carbonyl (C=O) groups is 1. The van der Waals surface area contributed by atoms with Gasteiger partial charge in [0.15, 0.2) is 0 Å². The highest BCUT2D eigenvalue weighted by atomic mass is 35.5. The maximum Gasteiger partial charge on any atom is 0.534 e. The van der Waals surface area contributed by atoms with Gasteiger partial charge < -0.3 is 14.2 Å². The predicted molar refractivity (Wildman–Crippen MR) is 95.3 cm³/mol. The summed E-state index contributed by atoms with van der Waals surface area (Å²) in [5.74, 6) is -1.45. The summed E-state index contributed by atoms with van der Waals surface area (Å²) in [6.45, 7) is 0.463. The number of nitrogens with one attached hydrogen (secondary N) is 1. The normalized spacial score (nSPS) is 14.6. The molecule has 8 nitrogen and oxygen atoms in total. The monoisotopic (exact) mass is 451 g/mol. The van der Waals surface area contributed by atoms with E-state index < -0.39 is 27.4 Å². The molecule has 1 aliphatic rings. The first-order valence-electron chi connectivity index (χ1n) is 8.11. The van der Waals surface area contributed by atoms with Crippen LogP contribution in [0.2, 0.25) is 5.02 Å². The standard InChI is InChI=1S/C16H13ClF3N3O5S/c17-9-1-2-13(21-8-9)23-15(24)11-7-14(28-29(25,26)16(18,19)20)22-12-4-6-27-5-3-10(11)12/h1-2,7-8H,3-6H2,(H,21,23,24). The number of ether oxygens (including phenoxy) is 1. The summed E-state index contributed by atoms with van der Waals surface area (Å²) in [5, 5.41) is 2.81. The van der Waals surface area contributed by atoms with Gasteiger partial charge in [0.1, 0.15) is 5.82 Å². The fraction of sp³-hybridized carbons (Fsp3) is 0.312. The molecule has 3 rings (SSSR count). The van der Waals surface area contributed by atoms with Crippen molar-refractivity contribution in [1.29, 1.82) is 0 Å². The maximum absolute atomic E-state index is 12.7. The molecule has 0 spiro atoms. The van der Waals surface area contributed by atoms with Crippen molar-refractivity contribution in [3.05, 3.63) is 46.2 Å². The van der Waals surface area contributed by atoms with E-state index in [9.17, 15) is 26.4 Å². The molecule has 29 heavy (non-hydrogen) atoms. The lowest BCUT2D eigenvalue weighted by atomic mass is 10.0. The van der Waals surface area contributed by atoms with Crippen LogP contribution >= 0.6 is 11.6 Å². The minimum Gasteiger partial charge on any atom is -0.381 e. The molecule has 2 aromatic heterocycles. The molecule has 0 radical (unpaired) electrons. The Morgan fingerprint density at radius 1 is 1.24 bits per heavy atom. The molecular formula is C16H13ClF3N3O5S. The number of halogens is 4. The molecule has 2 aromatic rings. The molecule has 0 saturated heterocycles. The van der Waals surface area contributed by atoms with E-state index in [-0.39, 0.29) is 43.1 Å². The van der Waals surface area contributed by atoms with Gasteiger partial charge in [0, 0.05) is 18.7 Å². The van der Waals surface area contributed by atoms with Crippen LogP contribution < -0.4 is 9.50 Å². The van der Waals surface area contributed by atoms with Crippen LogP contribution in [0.1, 0.15) is 21.6 Å². The number of hydrogen-bond donors (Lipinski definition) is 1. The zero-order valence-corrected chi connectivity index (χ0v) is 16.1. The van der Waals surface area contributed by atoms with Crippen LogP contribution in [0.3, 0.4) is 0 Å². The number of fused-ring (bicyclic) bond motifs is 1. The van der Waals surface area contributed by atoms with E-state index in [4.69, 9.17) is 16.3 Å². The quantitative estimate of drug-likeness (QED) is 0.562. The van der Waals surface area contributed by atoms with Gasteiger partial charge in [-0.1, -0.05) is 11.6 Å². The molecule has 1 amide bonds. The number of aromatic nitrogens is 2. The summed E-state index contributed by atoms with van der Waals surface area (Å²) in [5.41, 5.74) is -5.10. The molecular weight excluding hydrogens is 439 g/mol. The van der Waals surface area contributed by atoms with Gasteiger partial charge >= 0.3 is 15.6 Å². The van der Waals surface area contributed by atoms with Crippen LogP contribution in [0.4, 0.5) is 19.0 Å². The van der Waals surface area contributed by atoms with E-state index in [0.29, 0.717) is 10.6 Å². The lowest BCUT2D eigenvalue weighted by Gasteiger charge is -2.15. The maximum atomic E-state index is 12.7. The third-order valence-corrected chi connectivity index (χ3v) is 5.04. The van der Waals surface area contributed by atoms with Crippen molar-refractivity contribution in [3.63, 3.8) is 0 Å². The van der Waals surface area contributed by atoms with Crippen LogP contribution in [0.15, 0.2) is 24.4 Å². The summed E-state index contributed by atoms with van der Waals surface area (Å²) < 4.78 is 70.0. The largest absolute Gasteiger partial charge is 0.534 e. The average Bonchev–Trinajstić information content (AvgIpc) is 2.87. The Balaban J connectivity index is 2.00. The third kappa shape index (κ3) is 4.95. The Morgan fingerprint density at radius 3 is 2.62 bits per heavy atom. The summed E-state index contributed by atoms with van der Waals surface area (Å²) >= 11 is 5.73. The zero-order chi connectivity index (χ0) is 21.2. The van der Waals surface area contributed by atoms with Crippen molar-refractivity contribution in [2.75, 3.05) is 18.5 Å². The van der Waals surface area contributed by atoms with Gasteiger partial charge in [-0.15, -0.1) is 0 Å². The van der Waals surface area contributed by atoms with E-state index in [2.05, 4.69) is 19.5 Å². The van der Waals surface area contributed by atoms with Gasteiger partial charge in [0.25, 0.3) is 5.91 Å². The van der Waals surface area contributed by atoms with E-state index in [1.165, 1.54) is 18.3 Å². The molecule has 0 unspecified atom stereocenters. The Morgan fingerprint density at radius 2 is 1.97 bits per heavy atom. The van der Waals surface area contributed by atoms with Crippen molar-refractivity contribution in [1.82, 2.24) is 9.97 Å². The first-order chi connectivity index (χ1) is 13.6. The van der Waals surface area contributed by atoms with Gasteiger partial charge in [0.05, 0.1) is 29.5 Å². The third-order valence-electron chi connectivity index (χ3n) is 3.86. The lowest BCUT2D eigenvalue weighted by molar-refractivity contribution is -0.0501. The number of anilines is 1. The fourth-order valence-electron chi connectivity index (χ4n) is 2.57. The number of carbonyl (C=O) groups excluding carboxylic acids is 1. The second-order valence-corrected chi connectivity index (χ2v) is 7.82. The smallest absolute Gasteiger partial charge is 0.381 e. The molecule has 0 fully saturated rings. The van der Waals surface area contributed by atoms with E-state index in [1.807, 2.05) is 0 Å². The molecule has 0 bridgehead atoms. The highest BCUT2D eigenvalue weighted by Crippen LogP contribution is 2.29. The number of nitrogens with zero attached hydrogens (tertiary/aromatic N) is 2. The van der Waals surface area contributed by atoms with Crippen LogP contribution in [-0.4, -0.2) is 43.0 Å². The molecule has 156 valence electrons. The molecule has 1 aliphatic heterocycles. The summed E-state index contributed by atoms with van der Waals surface area (Å²) in [4.78, 5) is 20.5. The first-order valence-corrected chi connectivity index (χ1v) is 9.89. The number of pyridine rings is 2. The van der Waals surface area contributed by atoms with Gasteiger partial charge in [0.2, 0.25) is 5.88 Å². The van der Waals surface area contributed by atoms with Crippen molar-refractivity contribution in [3.8, 4) is 5.88 Å². The van der Waals surface area contributed by atoms with Crippen molar-refractivity contribution >= 4 is 33.4 Å². The zero-order valence-electron chi connectivity index (χ0n) is 14.5. The first kappa shape index (κ1) is 21.3. The van der Waals surface area contributed by atoms with E-state index >= 15 is 0 Å². The molecule has 0 atom stereocenters. The Bertz CT molecular complexity index is 1030. The SMILES string of the molecule is O=C(Nc1ccc(Cl)cn1)c1cc(OS(=O)(=O)C(F)(F)F)nc2c1CCOCC2. The minimum absolute atomic E-state index is 0.0929. The number of amides is 1. The molecule has 13 heteroatoms. The second-order valence-electron chi connectivity index (χ2n) is 5.84. The number of hydrogen-bond acceptors (Lipinski definition) is 7. The summed E-state index contributed by atoms with van der Waals surface area (Å²) in [7, 11) is -5.95. The second kappa shape index (κ2) is 8.13. The van der Waals surface area contributed by atoms with Crippen LogP contribution in [-0.2, 0) is 27.7 Å². The van der Waals surface area contributed by atoms with Crippen molar-refractivity contribution in [2.24, 2.45) is 0 Å². The topological polar surface area (TPSA) is 107 Å². The molecule has 1 N–H and O–H groups in total. The van der Waals surface area contributed by atoms with E-state index in [0.717, 1.165) is 6.07 Å². The van der Waals surface area contributed by atoms with Crippen molar-refractivity contribution in [2.45, 2.75) is 18.3 Å². The highest BCUT2D eigenvalue weighted by molar-refractivity contribution is 7.87. The Labute approximate surface area is 168 Å². The summed E-state index contributed by atoms with van der Waals surface area (Å²) in [6.07, 6.45) is 1.71. The Hall–Kier alpha value is -2.44. The number of alkyl halides is 3. The minimum atomic E-state index is -5.95. The van der Waals surface area contributed by atoms with Gasteiger partial charge in [-0.3, -0.25) is 4.79 Å². The van der Waals surface area contributed by atoms with Gasteiger partial charge in [-0.2, -0.15) is 21.6 Å². The molecule has 0 aliphatic carbocycles. The van der Waals surface area contributed by atoms with E-state index in [1.54, 1.807) is 0 Å². The molecule has 3 heterocycles. The molecule has 0 aromatic carbocycles. The van der Waals surface area contributed by atoms with Crippen LogP contribution in [0.25, 0.3) is 0 Å². The molecule has 0 saturated carbocycles. The van der Waals surface area contributed by atoms with Crippen molar-refractivity contribution < 1.29 is 35.3 Å². The highest BCUT2D eigenvalue weighted by Gasteiger charge is 2.49. The van der Waals surface area contributed by atoms with Gasteiger partial charge in [-0.25, -0.2) is 9.97 Å². The van der Waals surface area contributed by atoms with Gasteiger partial charge in [-0.05, 0) is 24.1 Å². The fourth-order valence-corrected chi connectivity index (χ4v) is 3.08. The Kier molecular flexibility index (Phi) is 5.96. The predicted octanol–water partition coefficient (Wildman–Crippen LogP) is 2.73. The number of rotatable bonds is 4. The lowest BCUT2D eigenvalue weighted by Crippen LogP contribution is -2.29.